The third-order valence-corrected chi connectivity index (χ3v) is 8.70. The van der Waals surface area contributed by atoms with Crippen LogP contribution in [-0.4, -0.2) is 65.1 Å². The van der Waals surface area contributed by atoms with E-state index in [1.165, 1.54) is 63.7 Å². The zero-order chi connectivity index (χ0) is 46.0. The van der Waals surface area contributed by atoms with Gasteiger partial charge in [0.2, 0.25) is 0 Å². The molecule has 0 saturated carbocycles. The average molecular weight is 1310 g/mol. The van der Waals surface area contributed by atoms with Gasteiger partial charge < -0.3 is 23.5 Å². The first kappa shape index (κ1) is 61.4. The maximum absolute atomic E-state index is 13.2. The van der Waals surface area contributed by atoms with E-state index in [-0.39, 0.29) is 87.8 Å². The molecule has 38 heteroatoms. The van der Waals surface area contributed by atoms with E-state index in [0.29, 0.717) is 0 Å². The molecule has 0 heterocycles. The summed E-state index contributed by atoms with van der Waals surface area (Å²) < 4.78 is 286. The minimum Gasteiger partial charge on any atom is -0.744 e. The second-order valence-corrected chi connectivity index (χ2v) is 23.5. The minimum atomic E-state index is -5.76. The van der Waals surface area contributed by atoms with E-state index >= 15 is 0 Å². The predicted molar refractivity (Wildman–Crippen MR) is 177 cm³/mol. The standard InChI is InChI=1S/C10H3Br2ClF8O4S.C10H4Br2F8O5S.Cl3OP.K/c11-7(14,15)9(18,19)24-4-1-2-5(6(3-4)26(13,22)23)25-10(20,21)8(12,16)17;11-7(13,14)9(17,18)24-4-1-2-5(6(3-4)26(21,22)23)25-10(19,20)8(12,15)16;1-5(2,3)4;/h1-3H;1-3H,(H,21,22,23);;/q;;;+1/p-1. The fourth-order valence-electron chi connectivity index (χ4n) is 2.46. The zero-order valence-corrected chi connectivity index (χ0v) is 40.9. The fourth-order valence-corrected chi connectivity index (χ4v) is 4.37. The number of hydrogen-bond donors (Lipinski definition) is 0. The Morgan fingerprint density at radius 1 is 0.517 bits per heavy atom. The van der Waals surface area contributed by atoms with Gasteiger partial charge in [0.05, 0.1) is 0 Å². The molecular weight excluding hydrogens is 1300 g/mol. The van der Waals surface area contributed by atoms with Crippen molar-refractivity contribution in [2.45, 2.75) is 53.6 Å². The first-order valence-corrected chi connectivity index (χ1v) is 23.3. The normalized spacial score (nSPS) is 13.8. The van der Waals surface area contributed by atoms with Gasteiger partial charge in [0.15, 0.2) is 0 Å². The molecule has 10 nitrogen and oxygen atoms in total. The van der Waals surface area contributed by atoms with Gasteiger partial charge in [0.1, 0.15) is 42.9 Å². The second kappa shape index (κ2) is 21.1. The van der Waals surface area contributed by atoms with Crippen molar-refractivity contribution in [2.75, 3.05) is 0 Å². The topological polar surface area (TPSA) is 145 Å². The van der Waals surface area contributed by atoms with Crippen LogP contribution >= 0.6 is 113 Å². The number of alkyl halides is 20. The summed E-state index contributed by atoms with van der Waals surface area (Å²) in [7, 11) is -5.91. The molecule has 0 aliphatic carbocycles. The number of benzene rings is 2. The molecule has 0 unspecified atom stereocenters. The summed E-state index contributed by atoms with van der Waals surface area (Å²) in [6.07, 6.45) is -21.1. The zero-order valence-electron chi connectivity index (χ0n) is 25.9. The minimum absolute atomic E-state index is 0. The van der Waals surface area contributed by atoms with Crippen molar-refractivity contribution in [1.82, 2.24) is 0 Å². The molecule has 0 radical (unpaired) electrons. The Hall–Kier alpha value is 1.33. The summed E-state index contributed by atoms with van der Waals surface area (Å²) >= 11 is 19.0. The molecule has 0 spiro atoms. The monoisotopic (exact) mass is 1300 g/mol. The second-order valence-electron chi connectivity index (χ2n) is 8.97. The number of halogens is 24. The van der Waals surface area contributed by atoms with Gasteiger partial charge in [0, 0.05) is 86.5 Å². The van der Waals surface area contributed by atoms with Crippen LogP contribution in [0.3, 0.4) is 0 Å². The first-order chi connectivity index (χ1) is 24.6. The van der Waals surface area contributed by atoms with Crippen LogP contribution in [0.4, 0.5) is 70.2 Å². The Morgan fingerprint density at radius 2 is 0.741 bits per heavy atom. The van der Waals surface area contributed by atoms with E-state index < -0.39 is 101 Å². The van der Waals surface area contributed by atoms with Gasteiger partial charge in [-0.25, -0.2) is 16.8 Å². The predicted octanol–water partition coefficient (Wildman–Crippen LogP) is 9.86. The van der Waals surface area contributed by atoms with Crippen LogP contribution in [0.2, 0.25) is 0 Å². The molecule has 0 N–H and O–H groups in total. The van der Waals surface area contributed by atoms with Crippen molar-refractivity contribution in [3.63, 3.8) is 0 Å². The first-order valence-electron chi connectivity index (χ1n) is 12.0. The van der Waals surface area contributed by atoms with Gasteiger partial charge in [-0.2, -0.15) is 70.2 Å². The van der Waals surface area contributed by atoms with Crippen molar-refractivity contribution in [3.8, 4) is 23.0 Å². The molecule has 0 saturated heterocycles. The van der Waals surface area contributed by atoms with Crippen LogP contribution in [0.5, 0.6) is 23.0 Å². The largest absolute Gasteiger partial charge is 1.00 e. The van der Waals surface area contributed by atoms with Crippen molar-refractivity contribution in [1.29, 1.82) is 0 Å². The molecule has 0 bridgehead atoms. The molecule has 2 aromatic rings. The van der Waals surface area contributed by atoms with E-state index in [0.717, 1.165) is 0 Å². The number of ether oxygens (including phenoxy) is 4. The van der Waals surface area contributed by atoms with Crippen molar-refractivity contribution < 1.29 is 167 Å². The Labute approximate surface area is 407 Å². The van der Waals surface area contributed by atoms with E-state index in [9.17, 15) is 96.2 Å². The summed E-state index contributed by atoms with van der Waals surface area (Å²) in [5.74, 6) is -5.80. The number of rotatable bonds is 14. The third-order valence-electron chi connectivity index (χ3n) is 4.65. The fraction of sp³-hybridized carbons (Fsp3) is 0.400. The molecular formula is C20H6Br4Cl4F16KO10PS2. The quantitative estimate of drug-likeness (QED) is 0.0448. The van der Waals surface area contributed by atoms with Crippen molar-refractivity contribution >= 4 is 132 Å². The average Bonchev–Trinajstić information content (AvgIpc) is 2.90. The Kier molecular flexibility index (Phi) is 22.3. The summed E-state index contributed by atoms with van der Waals surface area (Å²) in [5.41, 5.74) is 0. The van der Waals surface area contributed by atoms with E-state index in [1.54, 1.807) is 0 Å². The Balaban J connectivity index is 0. The van der Waals surface area contributed by atoms with E-state index in [2.05, 4.69) is 52.7 Å². The van der Waals surface area contributed by atoms with Crippen LogP contribution in [0.25, 0.3) is 0 Å². The van der Waals surface area contributed by atoms with Gasteiger partial charge in [-0.3, -0.25) is 4.57 Å². The smallest absolute Gasteiger partial charge is 0.744 e. The molecule has 0 fully saturated rings. The van der Waals surface area contributed by atoms with Gasteiger partial charge in [-0.15, -0.1) is 0 Å². The summed E-state index contributed by atoms with van der Waals surface area (Å²) in [5, 5.41) is -3.22. The summed E-state index contributed by atoms with van der Waals surface area (Å²) in [4.78, 5) is -23.1. The molecule has 332 valence electrons. The molecule has 0 amide bonds. The SMILES string of the molecule is O=P(Cl)(Cl)Cl.O=S(=O)(Cl)c1cc(OC(F)(F)C(F)(F)Br)ccc1OC(F)(F)C(F)(F)Br.O=S(=O)([O-])c1cc(OC(F)(F)C(F)(F)Br)ccc1OC(F)(F)C(F)(F)Br.[K+]. The molecule has 2 aromatic carbocycles. The van der Waals surface area contributed by atoms with Crippen LogP contribution in [0, 0.1) is 0 Å². The maximum atomic E-state index is 13.2. The third kappa shape index (κ3) is 20.0. The maximum Gasteiger partial charge on any atom is 1.00 e. The van der Waals surface area contributed by atoms with E-state index in [1.807, 2.05) is 0 Å². The summed E-state index contributed by atoms with van der Waals surface area (Å²) in [6.45, 7) is 0. The van der Waals surface area contributed by atoms with Crippen LogP contribution < -0.4 is 70.3 Å². The Bertz CT molecular complexity index is 1870. The molecule has 0 aliphatic heterocycles. The molecule has 0 aliphatic rings. The Morgan fingerprint density at radius 3 is 0.966 bits per heavy atom. The molecule has 2 rings (SSSR count). The van der Waals surface area contributed by atoms with Crippen molar-refractivity contribution in [2.24, 2.45) is 0 Å². The molecule has 0 atom stereocenters. The van der Waals surface area contributed by atoms with Gasteiger partial charge in [-0.1, -0.05) is 0 Å². The number of hydrogen-bond acceptors (Lipinski definition) is 10. The van der Waals surface area contributed by atoms with Gasteiger partial charge in [-0.05, 0) is 58.0 Å². The van der Waals surface area contributed by atoms with E-state index in [4.69, 9.17) is 10.7 Å². The molecule has 58 heavy (non-hydrogen) atoms. The van der Waals surface area contributed by atoms with Crippen LogP contribution in [0.15, 0.2) is 46.2 Å². The van der Waals surface area contributed by atoms with Gasteiger partial charge >= 0.3 is 100 Å². The van der Waals surface area contributed by atoms with Crippen LogP contribution in [-0.2, 0) is 23.7 Å². The van der Waals surface area contributed by atoms with Gasteiger partial charge in [0.25, 0.3) is 9.05 Å². The van der Waals surface area contributed by atoms with Crippen LogP contribution in [0.1, 0.15) is 0 Å². The summed E-state index contributed by atoms with van der Waals surface area (Å²) in [6, 6.07) is 0.573. The van der Waals surface area contributed by atoms with Crippen molar-refractivity contribution in [3.05, 3.63) is 36.4 Å². The molecule has 0 aromatic heterocycles.